The molecular formula is C8H7N7O2. The molecule has 0 bridgehead atoms. The lowest BCUT2D eigenvalue weighted by Gasteiger charge is -1.84. The van der Waals surface area contributed by atoms with Crippen LogP contribution in [0.4, 0.5) is 5.82 Å². The van der Waals surface area contributed by atoms with Gasteiger partial charge in [-0.1, -0.05) is 5.16 Å². The predicted molar refractivity (Wildman–Crippen MR) is 54.2 cm³/mol. The van der Waals surface area contributed by atoms with Gasteiger partial charge in [0.1, 0.15) is 0 Å². The van der Waals surface area contributed by atoms with Gasteiger partial charge in [-0.25, -0.2) is 4.63 Å². The van der Waals surface area contributed by atoms with Gasteiger partial charge in [0.25, 0.3) is 5.89 Å². The van der Waals surface area contributed by atoms with Gasteiger partial charge in [-0.05, 0) is 10.3 Å². The van der Waals surface area contributed by atoms with Crippen molar-refractivity contribution >= 4 is 5.82 Å². The number of aryl methyl sites for hydroxylation is 1. The van der Waals surface area contributed by atoms with Gasteiger partial charge >= 0.3 is 0 Å². The molecule has 0 unspecified atom stereocenters. The first-order valence-electron chi connectivity index (χ1n) is 4.65. The topological polar surface area (TPSA) is 122 Å². The molecule has 9 heteroatoms. The number of nitrogens with two attached hydrogens (primary N) is 1. The maximum absolute atomic E-state index is 5.51. The van der Waals surface area contributed by atoms with Crippen LogP contribution in [0.1, 0.15) is 0 Å². The summed E-state index contributed by atoms with van der Waals surface area (Å²) in [6, 6.07) is 0. The van der Waals surface area contributed by atoms with Crippen LogP contribution in [-0.2, 0) is 7.05 Å². The summed E-state index contributed by atoms with van der Waals surface area (Å²) < 4.78 is 11.1. The zero-order valence-electron chi connectivity index (χ0n) is 8.73. The standard InChI is InChI=1S/C8H7N7O2/c1-15-3-4(2-10-15)7-11-8(16-14-7)5-6(9)13-17-12-5/h2-3H,1H3,(H2,9,13). The number of aromatic nitrogens is 6. The Bertz CT molecular complexity index is 652. The predicted octanol–water partition coefficient (Wildman–Crippen LogP) is 0.102. The van der Waals surface area contributed by atoms with Gasteiger partial charge in [-0.2, -0.15) is 10.1 Å². The van der Waals surface area contributed by atoms with E-state index in [9.17, 15) is 0 Å². The highest BCUT2D eigenvalue weighted by molar-refractivity contribution is 5.63. The zero-order valence-corrected chi connectivity index (χ0v) is 8.73. The highest BCUT2D eigenvalue weighted by Crippen LogP contribution is 2.23. The molecule has 3 aromatic heterocycles. The van der Waals surface area contributed by atoms with E-state index in [0.29, 0.717) is 5.82 Å². The molecule has 0 aliphatic rings. The van der Waals surface area contributed by atoms with Crippen molar-refractivity contribution in [3.05, 3.63) is 12.4 Å². The second-order valence-corrected chi connectivity index (χ2v) is 3.32. The van der Waals surface area contributed by atoms with Crippen molar-refractivity contribution in [2.75, 3.05) is 5.73 Å². The van der Waals surface area contributed by atoms with Crippen molar-refractivity contribution in [3.63, 3.8) is 0 Å². The average molecular weight is 233 g/mol. The molecule has 3 heterocycles. The highest BCUT2D eigenvalue weighted by atomic mass is 16.6. The monoisotopic (exact) mass is 233 g/mol. The summed E-state index contributed by atoms with van der Waals surface area (Å²) in [7, 11) is 1.80. The molecule has 9 nitrogen and oxygen atoms in total. The lowest BCUT2D eigenvalue weighted by Crippen LogP contribution is -1.88. The van der Waals surface area contributed by atoms with Gasteiger partial charge in [0.15, 0.2) is 0 Å². The van der Waals surface area contributed by atoms with Crippen molar-refractivity contribution in [3.8, 4) is 23.0 Å². The van der Waals surface area contributed by atoms with E-state index in [1.165, 1.54) is 0 Å². The molecule has 3 rings (SSSR count). The molecule has 0 aromatic carbocycles. The first-order chi connectivity index (χ1) is 8.24. The summed E-state index contributed by atoms with van der Waals surface area (Å²) in [6.07, 6.45) is 3.39. The lowest BCUT2D eigenvalue weighted by molar-refractivity contribution is 0.308. The summed E-state index contributed by atoms with van der Waals surface area (Å²) in [5.41, 5.74) is 6.48. The van der Waals surface area contributed by atoms with E-state index in [1.807, 2.05) is 0 Å². The normalized spacial score (nSPS) is 10.9. The highest BCUT2D eigenvalue weighted by Gasteiger charge is 2.18. The fourth-order valence-corrected chi connectivity index (χ4v) is 1.32. The molecule has 17 heavy (non-hydrogen) atoms. The molecule has 0 radical (unpaired) electrons. The quantitative estimate of drug-likeness (QED) is 0.661. The van der Waals surface area contributed by atoms with E-state index >= 15 is 0 Å². The van der Waals surface area contributed by atoms with Crippen molar-refractivity contribution in [1.82, 2.24) is 30.2 Å². The Labute approximate surface area is 94.2 Å². The minimum absolute atomic E-state index is 0.103. The first-order valence-corrected chi connectivity index (χ1v) is 4.65. The van der Waals surface area contributed by atoms with E-state index < -0.39 is 0 Å². The largest absolute Gasteiger partial charge is 0.379 e. The number of anilines is 1. The molecule has 3 aromatic rings. The van der Waals surface area contributed by atoms with Crippen LogP contribution in [-0.4, -0.2) is 30.2 Å². The zero-order chi connectivity index (χ0) is 11.8. The summed E-state index contributed by atoms with van der Waals surface area (Å²) in [4.78, 5) is 4.12. The summed E-state index contributed by atoms with van der Waals surface area (Å²) in [5, 5.41) is 14.8. The van der Waals surface area contributed by atoms with Crippen molar-refractivity contribution in [2.24, 2.45) is 7.05 Å². The van der Waals surface area contributed by atoms with E-state index in [-0.39, 0.29) is 17.4 Å². The summed E-state index contributed by atoms with van der Waals surface area (Å²) in [6.45, 7) is 0. The van der Waals surface area contributed by atoms with Gasteiger partial charge in [0, 0.05) is 13.2 Å². The summed E-state index contributed by atoms with van der Waals surface area (Å²) in [5.74, 6) is 0.657. The van der Waals surface area contributed by atoms with Crippen LogP contribution in [0, 0.1) is 0 Å². The molecular weight excluding hydrogens is 226 g/mol. The van der Waals surface area contributed by atoms with Gasteiger partial charge in [0.2, 0.25) is 17.3 Å². The van der Waals surface area contributed by atoms with E-state index in [2.05, 4.69) is 30.2 Å². The van der Waals surface area contributed by atoms with Crippen LogP contribution in [0.3, 0.4) is 0 Å². The van der Waals surface area contributed by atoms with Crippen LogP contribution >= 0.6 is 0 Å². The van der Waals surface area contributed by atoms with Crippen LogP contribution < -0.4 is 5.73 Å². The Balaban J connectivity index is 2.01. The van der Waals surface area contributed by atoms with Crippen molar-refractivity contribution in [2.45, 2.75) is 0 Å². The molecule has 2 N–H and O–H groups in total. The molecule has 0 aliphatic heterocycles. The second kappa shape index (κ2) is 3.40. The smallest absolute Gasteiger partial charge is 0.284 e. The number of rotatable bonds is 2. The number of hydrogen-bond acceptors (Lipinski definition) is 8. The van der Waals surface area contributed by atoms with Crippen LogP contribution in [0.2, 0.25) is 0 Å². The van der Waals surface area contributed by atoms with Crippen molar-refractivity contribution < 1.29 is 9.15 Å². The average Bonchev–Trinajstić information content (AvgIpc) is 2.97. The minimum Gasteiger partial charge on any atom is -0.379 e. The Morgan fingerprint density at radius 3 is 2.82 bits per heavy atom. The Morgan fingerprint density at radius 2 is 2.18 bits per heavy atom. The summed E-state index contributed by atoms with van der Waals surface area (Å²) >= 11 is 0. The molecule has 0 aliphatic carbocycles. The van der Waals surface area contributed by atoms with E-state index in [1.54, 1.807) is 24.1 Å². The number of nitrogens with zero attached hydrogens (tertiary/aromatic N) is 6. The van der Waals surface area contributed by atoms with Crippen LogP contribution in [0.15, 0.2) is 21.5 Å². The molecule has 0 saturated carbocycles. The third kappa shape index (κ3) is 1.53. The Morgan fingerprint density at radius 1 is 1.29 bits per heavy atom. The third-order valence-corrected chi connectivity index (χ3v) is 2.11. The Hall–Kier alpha value is -2.71. The minimum atomic E-state index is 0.103. The molecule has 86 valence electrons. The van der Waals surface area contributed by atoms with Crippen LogP contribution in [0.25, 0.3) is 23.0 Å². The van der Waals surface area contributed by atoms with Gasteiger partial charge in [-0.3, -0.25) is 4.68 Å². The third-order valence-electron chi connectivity index (χ3n) is 2.11. The van der Waals surface area contributed by atoms with Gasteiger partial charge in [-0.15, -0.1) is 0 Å². The second-order valence-electron chi connectivity index (χ2n) is 3.32. The SMILES string of the molecule is Cn1cc(-c2noc(-c3nonc3N)n2)cn1. The van der Waals surface area contributed by atoms with Crippen molar-refractivity contribution in [1.29, 1.82) is 0 Å². The molecule has 0 spiro atoms. The molecule has 0 atom stereocenters. The maximum Gasteiger partial charge on any atom is 0.284 e. The Kier molecular flexibility index (Phi) is 1.90. The van der Waals surface area contributed by atoms with Gasteiger partial charge in [0.05, 0.1) is 11.8 Å². The fraction of sp³-hybridized carbons (Fsp3) is 0.125. The first kappa shape index (κ1) is 9.51. The number of nitrogen functional groups attached to an aromatic ring is 1. The van der Waals surface area contributed by atoms with E-state index in [0.717, 1.165) is 5.56 Å². The molecule has 0 fully saturated rings. The maximum atomic E-state index is 5.51. The van der Waals surface area contributed by atoms with E-state index in [4.69, 9.17) is 10.3 Å². The fourth-order valence-electron chi connectivity index (χ4n) is 1.32. The van der Waals surface area contributed by atoms with Crippen LogP contribution in [0.5, 0.6) is 0 Å². The van der Waals surface area contributed by atoms with Gasteiger partial charge < -0.3 is 10.3 Å². The molecule has 0 amide bonds. The molecule has 0 saturated heterocycles. The lowest BCUT2D eigenvalue weighted by atomic mass is 10.3. The number of hydrogen-bond donors (Lipinski definition) is 1.